The lowest BCUT2D eigenvalue weighted by atomic mass is 10.00. The Morgan fingerprint density at radius 3 is 2.70 bits per heavy atom. The number of rotatable bonds is 5. The molecule has 1 unspecified atom stereocenters. The largest absolute Gasteiger partial charge is 0.378 e. The molecule has 3 nitrogen and oxygen atoms in total. The van der Waals surface area contributed by atoms with Gasteiger partial charge >= 0.3 is 0 Å². The molecule has 1 aromatic carbocycles. The van der Waals surface area contributed by atoms with E-state index < -0.39 is 0 Å². The molecule has 1 aliphatic rings. The van der Waals surface area contributed by atoms with Crippen molar-refractivity contribution in [3.8, 4) is 0 Å². The van der Waals surface area contributed by atoms with Crippen LogP contribution in [0.25, 0.3) is 0 Å². The third-order valence-electron chi connectivity index (χ3n) is 3.86. The molecule has 0 radical (unpaired) electrons. The molecule has 5 heteroatoms. The molecule has 1 aromatic rings. The summed E-state index contributed by atoms with van der Waals surface area (Å²) < 4.78 is 20.5. The molecule has 0 aliphatic carbocycles. The second-order valence-electron chi connectivity index (χ2n) is 5.11. The van der Waals surface area contributed by atoms with E-state index in [9.17, 15) is 4.39 Å². The maximum absolute atomic E-state index is 14.1. The summed E-state index contributed by atoms with van der Waals surface area (Å²) in [5.74, 6) is -0.193. The second kappa shape index (κ2) is 7.50. The van der Waals surface area contributed by atoms with Gasteiger partial charge in [-0.3, -0.25) is 4.90 Å². The van der Waals surface area contributed by atoms with Crippen LogP contribution in [0.5, 0.6) is 0 Å². The normalized spacial score (nSPS) is 19.2. The van der Waals surface area contributed by atoms with Gasteiger partial charge in [0.05, 0.1) is 6.10 Å². The van der Waals surface area contributed by atoms with Gasteiger partial charge in [0.1, 0.15) is 5.82 Å². The third-order valence-corrected chi connectivity index (χ3v) is 4.36. The minimum atomic E-state index is -0.193. The minimum Gasteiger partial charge on any atom is -0.378 e. The van der Waals surface area contributed by atoms with E-state index in [-0.39, 0.29) is 11.9 Å². The number of benzene rings is 1. The monoisotopic (exact) mass is 344 g/mol. The molecule has 1 aliphatic heterocycles. The maximum Gasteiger partial charge on any atom is 0.129 e. The fraction of sp³-hybridized carbons (Fsp3) is 0.600. The molecule has 1 fully saturated rings. The van der Waals surface area contributed by atoms with Crippen molar-refractivity contribution in [2.24, 2.45) is 5.73 Å². The van der Waals surface area contributed by atoms with Crippen molar-refractivity contribution in [1.29, 1.82) is 0 Å². The minimum absolute atomic E-state index is 0.0503. The molecule has 112 valence electrons. The van der Waals surface area contributed by atoms with Crippen molar-refractivity contribution < 1.29 is 9.13 Å². The summed E-state index contributed by atoms with van der Waals surface area (Å²) in [6.07, 6.45) is 2.31. The zero-order valence-electron chi connectivity index (χ0n) is 11.8. The highest BCUT2D eigenvalue weighted by Crippen LogP contribution is 2.28. The van der Waals surface area contributed by atoms with Gasteiger partial charge in [-0.1, -0.05) is 22.0 Å². The molecule has 0 amide bonds. The van der Waals surface area contributed by atoms with Crippen molar-refractivity contribution in [1.82, 2.24) is 4.90 Å². The molecule has 2 rings (SSSR count). The lowest BCUT2D eigenvalue weighted by Gasteiger charge is -2.37. The summed E-state index contributed by atoms with van der Waals surface area (Å²) in [5, 5.41) is 0. The predicted molar refractivity (Wildman–Crippen MR) is 82.1 cm³/mol. The Morgan fingerprint density at radius 2 is 2.15 bits per heavy atom. The van der Waals surface area contributed by atoms with Gasteiger partial charge < -0.3 is 10.5 Å². The van der Waals surface area contributed by atoms with Gasteiger partial charge in [0, 0.05) is 42.3 Å². The van der Waals surface area contributed by atoms with Gasteiger partial charge in [-0.2, -0.15) is 0 Å². The molecule has 20 heavy (non-hydrogen) atoms. The SMILES string of the molecule is CCOC1CCN(C(CN)c2ccc(Br)cc2F)CC1. The quantitative estimate of drug-likeness (QED) is 0.891. The number of likely N-dealkylation sites (tertiary alicyclic amines) is 1. The Hall–Kier alpha value is -0.490. The Balaban J connectivity index is 2.05. The number of hydrogen-bond donors (Lipinski definition) is 1. The van der Waals surface area contributed by atoms with Crippen LogP contribution in [-0.2, 0) is 4.74 Å². The molecular weight excluding hydrogens is 323 g/mol. The van der Waals surface area contributed by atoms with E-state index in [2.05, 4.69) is 20.8 Å². The average Bonchev–Trinajstić information content (AvgIpc) is 2.44. The third kappa shape index (κ3) is 3.79. The maximum atomic E-state index is 14.1. The first-order valence-corrected chi connectivity index (χ1v) is 7.95. The summed E-state index contributed by atoms with van der Waals surface area (Å²) >= 11 is 3.29. The number of hydrogen-bond acceptors (Lipinski definition) is 3. The van der Waals surface area contributed by atoms with Gasteiger partial charge in [-0.05, 0) is 31.9 Å². The van der Waals surface area contributed by atoms with Crippen LogP contribution in [0.2, 0.25) is 0 Å². The van der Waals surface area contributed by atoms with Crippen LogP contribution in [0.4, 0.5) is 4.39 Å². The van der Waals surface area contributed by atoms with Crippen LogP contribution in [-0.4, -0.2) is 37.2 Å². The number of nitrogens with two attached hydrogens (primary N) is 1. The van der Waals surface area contributed by atoms with Crippen LogP contribution in [0.15, 0.2) is 22.7 Å². The van der Waals surface area contributed by atoms with Crippen LogP contribution in [0.1, 0.15) is 31.4 Å². The summed E-state index contributed by atoms with van der Waals surface area (Å²) in [6, 6.07) is 5.15. The molecule has 1 saturated heterocycles. The van der Waals surface area contributed by atoms with E-state index in [0.717, 1.165) is 37.0 Å². The average molecular weight is 345 g/mol. The van der Waals surface area contributed by atoms with Crippen molar-refractivity contribution in [3.05, 3.63) is 34.1 Å². The molecule has 2 N–H and O–H groups in total. The Labute approximate surface area is 128 Å². The van der Waals surface area contributed by atoms with E-state index in [1.54, 1.807) is 0 Å². The zero-order chi connectivity index (χ0) is 14.5. The van der Waals surface area contributed by atoms with E-state index >= 15 is 0 Å². The number of halogens is 2. The summed E-state index contributed by atoms with van der Waals surface area (Å²) in [5.41, 5.74) is 6.57. The van der Waals surface area contributed by atoms with Gasteiger partial charge in [-0.25, -0.2) is 4.39 Å². The molecule has 1 atom stereocenters. The smallest absolute Gasteiger partial charge is 0.129 e. The van der Waals surface area contributed by atoms with Crippen molar-refractivity contribution >= 4 is 15.9 Å². The van der Waals surface area contributed by atoms with Crippen LogP contribution >= 0.6 is 15.9 Å². The summed E-state index contributed by atoms with van der Waals surface area (Å²) in [6.45, 7) is 5.01. The van der Waals surface area contributed by atoms with Crippen molar-refractivity contribution in [2.75, 3.05) is 26.2 Å². The summed E-state index contributed by atoms with van der Waals surface area (Å²) in [4.78, 5) is 2.27. The van der Waals surface area contributed by atoms with Crippen LogP contribution < -0.4 is 5.73 Å². The fourth-order valence-corrected chi connectivity index (χ4v) is 3.17. The Bertz CT molecular complexity index is 436. The highest BCUT2D eigenvalue weighted by molar-refractivity contribution is 9.10. The van der Waals surface area contributed by atoms with E-state index in [1.165, 1.54) is 6.07 Å². The standard InChI is InChI=1S/C15H22BrFN2O/c1-2-20-12-5-7-19(8-6-12)15(10-18)13-4-3-11(16)9-14(13)17/h3-4,9,12,15H,2,5-8,10,18H2,1H3. The fourth-order valence-electron chi connectivity index (χ4n) is 2.83. The van der Waals surface area contributed by atoms with Crippen LogP contribution in [0, 0.1) is 5.82 Å². The zero-order valence-corrected chi connectivity index (χ0v) is 13.4. The highest BCUT2D eigenvalue weighted by Gasteiger charge is 2.27. The van der Waals surface area contributed by atoms with Crippen molar-refractivity contribution in [2.45, 2.75) is 31.9 Å². The number of piperidine rings is 1. The molecule has 0 saturated carbocycles. The van der Waals surface area contributed by atoms with E-state index in [0.29, 0.717) is 18.2 Å². The number of nitrogens with zero attached hydrogens (tertiary/aromatic N) is 1. The Morgan fingerprint density at radius 1 is 1.45 bits per heavy atom. The molecule has 1 heterocycles. The van der Waals surface area contributed by atoms with Gasteiger partial charge in [0.15, 0.2) is 0 Å². The highest BCUT2D eigenvalue weighted by atomic mass is 79.9. The second-order valence-corrected chi connectivity index (χ2v) is 6.02. The molecule has 0 bridgehead atoms. The molecule has 0 spiro atoms. The van der Waals surface area contributed by atoms with E-state index in [4.69, 9.17) is 10.5 Å². The van der Waals surface area contributed by atoms with Crippen molar-refractivity contribution in [3.63, 3.8) is 0 Å². The van der Waals surface area contributed by atoms with E-state index in [1.807, 2.05) is 19.1 Å². The summed E-state index contributed by atoms with van der Waals surface area (Å²) in [7, 11) is 0. The predicted octanol–water partition coefficient (Wildman–Crippen LogP) is 3.09. The first-order chi connectivity index (χ1) is 9.65. The Kier molecular flexibility index (Phi) is 5.96. The first-order valence-electron chi connectivity index (χ1n) is 7.16. The van der Waals surface area contributed by atoms with Gasteiger partial charge in [0.2, 0.25) is 0 Å². The van der Waals surface area contributed by atoms with Crippen LogP contribution in [0.3, 0.4) is 0 Å². The number of ether oxygens (including phenoxy) is 1. The molecule has 0 aromatic heterocycles. The first kappa shape index (κ1) is 15.9. The topological polar surface area (TPSA) is 38.5 Å². The van der Waals surface area contributed by atoms with Gasteiger partial charge in [0.25, 0.3) is 0 Å². The lowest BCUT2D eigenvalue weighted by molar-refractivity contribution is 0.00418. The van der Waals surface area contributed by atoms with Gasteiger partial charge in [-0.15, -0.1) is 0 Å². The lowest BCUT2D eigenvalue weighted by Crippen LogP contribution is -2.42. The molecular formula is C15H22BrFN2O.